The van der Waals surface area contributed by atoms with E-state index in [-0.39, 0.29) is 6.54 Å². The Hall–Kier alpha value is -0.170. The maximum atomic E-state index is 10.9. The molecule has 0 amide bonds. The highest BCUT2D eigenvalue weighted by Crippen LogP contribution is 1.98. The van der Waals surface area contributed by atoms with E-state index in [9.17, 15) is 8.42 Å². The molecule has 0 aliphatic rings. The Morgan fingerprint density at radius 1 is 1.33 bits per heavy atom. The van der Waals surface area contributed by atoms with E-state index in [0.29, 0.717) is 0 Å². The normalized spacial score (nSPS) is 12.8. The van der Waals surface area contributed by atoms with E-state index in [4.69, 9.17) is 9.47 Å². The molecule has 0 aromatic rings. The molecule has 0 N–H and O–H groups in total. The fourth-order valence-electron chi connectivity index (χ4n) is 0.591. The molecule has 0 saturated heterocycles. The molecule has 5 nitrogen and oxygen atoms in total. The number of rotatable bonds is 5. The maximum Gasteiger partial charge on any atom is 0.211 e. The number of hydrogen-bond donors (Lipinski definition) is 0. The van der Waals surface area contributed by atoms with E-state index in [1.54, 1.807) is 0 Å². The van der Waals surface area contributed by atoms with Gasteiger partial charge >= 0.3 is 0 Å². The average molecular weight is 197 g/mol. The van der Waals surface area contributed by atoms with Crippen molar-refractivity contribution in [2.24, 2.45) is 0 Å². The van der Waals surface area contributed by atoms with Gasteiger partial charge in [0.1, 0.15) is 0 Å². The van der Waals surface area contributed by atoms with Crippen molar-refractivity contribution >= 4 is 10.0 Å². The summed E-state index contributed by atoms with van der Waals surface area (Å²) >= 11 is 0. The van der Waals surface area contributed by atoms with Gasteiger partial charge in [-0.2, -0.15) is 0 Å². The van der Waals surface area contributed by atoms with Gasteiger partial charge in [-0.15, -0.1) is 0 Å². The van der Waals surface area contributed by atoms with Gasteiger partial charge in [-0.25, -0.2) is 12.7 Å². The second kappa shape index (κ2) is 4.76. The van der Waals surface area contributed by atoms with Crippen molar-refractivity contribution in [2.45, 2.75) is 6.29 Å². The molecular weight excluding hydrogens is 182 g/mol. The number of methoxy groups -OCH3 is 2. The monoisotopic (exact) mass is 197 g/mol. The van der Waals surface area contributed by atoms with E-state index in [1.807, 2.05) is 0 Å². The topological polar surface area (TPSA) is 55.8 Å². The maximum absolute atomic E-state index is 10.9. The van der Waals surface area contributed by atoms with E-state index < -0.39 is 16.3 Å². The summed E-state index contributed by atoms with van der Waals surface area (Å²) in [5, 5.41) is 0. The molecule has 0 aliphatic carbocycles. The van der Waals surface area contributed by atoms with Crippen molar-refractivity contribution in [3.63, 3.8) is 0 Å². The van der Waals surface area contributed by atoms with Crippen LogP contribution in [0.3, 0.4) is 0 Å². The predicted octanol–water partition coefficient (Wildman–Crippen LogP) is -0.503. The summed E-state index contributed by atoms with van der Waals surface area (Å²) in [6.07, 6.45) is 0.625. The molecule has 74 valence electrons. The van der Waals surface area contributed by atoms with E-state index in [2.05, 4.69) is 0 Å². The Morgan fingerprint density at radius 3 is 2.00 bits per heavy atom. The average Bonchev–Trinajstić information content (AvgIpc) is 1.97. The molecular formula is C6H15NO4S. The van der Waals surface area contributed by atoms with Crippen LogP contribution in [0.15, 0.2) is 0 Å². The zero-order valence-electron chi connectivity index (χ0n) is 7.77. The first-order valence-corrected chi connectivity index (χ1v) is 5.23. The number of nitrogens with zero attached hydrogens (tertiary/aromatic N) is 1. The lowest BCUT2D eigenvalue weighted by Crippen LogP contribution is -2.35. The van der Waals surface area contributed by atoms with Crippen molar-refractivity contribution in [3.05, 3.63) is 0 Å². The number of sulfonamides is 1. The van der Waals surface area contributed by atoms with Gasteiger partial charge in [-0.1, -0.05) is 0 Å². The van der Waals surface area contributed by atoms with Gasteiger partial charge in [0, 0.05) is 21.3 Å². The minimum Gasteiger partial charge on any atom is -0.355 e. The van der Waals surface area contributed by atoms with Crippen LogP contribution in [-0.4, -0.2) is 53.1 Å². The van der Waals surface area contributed by atoms with Crippen LogP contribution in [0.4, 0.5) is 0 Å². The molecule has 0 rings (SSSR count). The standard InChI is InChI=1S/C6H15NO4S/c1-7(12(4,8)9)5-6(10-2)11-3/h6H,5H2,1-4H3. The lowest BCUT2D eigenvalue weighted by molar-refractivity contribution is -0.106. The lowest BCUT2D eigenvalue weighted by Gasteiger charge is -2.19. The first kappa shape index (κ1) is 11.8. The highest BCUT2D eigenvalue weighted by molar-refractivity contribution is 7.88. The van der Waals surface area contributed by atoms with Gasteiger partial charge in [0.2, 0.25) is 10.0 Å². The minimum atomic E-state index is -3.14. The third kappa shape index (κ3) is 4.01. The van der Waals surface area contributed by atoms with Crippen LogP contribution in [0.25, 0.3) is 0 Å². The van der Waals surface area contributed by atoms with E-state index >= 15 is 0 Å². The SMILES string of the molecule is COC(CN(C)S(C)(=O)=O)OC. The molecule has 0 aromatic heterocycles. The molecule has 0 heterocycles. The Labute approximate surface area is 73.3 Å². The fourth-order valence-corrected chi connectivity index (χ4v) is 0.983. The zero-order chi connectivity index (χ0) is 9.78. The second-order valence-electron chi connectivity index (χ2n) is 2.44. The first-order valence-electron chi connectivity index (χ1n) is 3.38. The van der Waals surface area contributed by atoms with Gasteiger partial charge in [0.15, 0.2) is 6.29 Å². The summed E-state index contributed by atoms with van der Waals surface area (Å²) in [5.74, 6) is 0. The molecule has 0 fully saturated rings. The van der Waals surface area contributed by atoms with Crippen LogP contribution in [0.1, 0.15) is 0 Å². The van der Waals surface area contributed by atoms with Crippen LogP contribution in [0.5, 0.6) is 0 Å². The third-order valence-electron chi connectivity index (χ3n) is 1.50. The van der Waals surface area contributed by atoms with Crippen LogP contribution in [0, 0.1) is 0 Å². The molecule has 0 bridgehead atoms. The fraction of sp³-hybridized carbons (Fsp3) is 1.00. The number of likely N-dealkylation sites (N-methyl/N-ethyl adjacent to an activating group) is 1. The molecule has 0 unspecified atom stereocenters. The predicted molar refractivity (Wildman–Crippen MR) is 45.3 cm³/mol. The summed E-state index contributed by atoms with van der Waals surface area (Å²) < 4.78 is 32.7. The Balaban J connectivity index is 4.08. The highest BCUT2D eigenvalue weighted by atomic mass is 32.2. The van der Waals surface area contributed by atoms with E-state index in [1.165, 1.54) is 25.6 Å². The van der Waals surface area contributed by atoms with Gasteiger partial charge < -0.3 is 9.47 Å². The van der Waals surface area contributed by atoms with Crippen molar-refractivity contribution in [1.29, 1.82) is 0 Å². The largest absolute Gasteiger partial charge is 0.355 e. The van der Waals surface area contributed by atoms with E-state index in [0.717, 1.165) is 6.26 Å². The van der Waals surface area contributed by atoms with Gasteiger partial charge in [-0.05, 0) is 0 Å². The summed E-state index contributed by atoms with van der Waals surface area (Å²) in [7, 11) is 1.25. The summed E-state index contributed by atoms with van der Waals surface area (Å²) in [6.45, 7) is 0.200. The van der Waals surface area contributed by atoms with Crippen LogP contribution in [0.2, 0.25) is 0 Å². The third-order valence-corrected chi connectivity index (χ3v) is 2.78. The number of ether oxygens (including phenoxy) is 2. The van der Waals surface area contributed by atoms with Crippen LogP contribution >= 0.6 is 0 Å². The molecule has 12 heavy (non-hydrogen) atoms. The first-order chi connectivity index (χ1) is 5.41. The lowest BCUT2D eigenvalue weighted by atomic mass is 10.6. The zero-order valence-corrected chi connectivity index (χ0v) is 8.59. The quantitative estimate of drug-likeness (QED) is 0.557. The molecule has 0 aromatic carbocycles. The Kier molecular flexibility index (Phi) is 4.69. The summed E-state index contributed by atoms with van der Waals surface area (Å²) in [6, 6.07) is 0. The van der Waals surface area contributed by atoms with Gasteiger partial charge in [-0.3, -0.25) is 0 Å². The summed E-state index contributed by atoms with van der Waals surface area (Å²) in [5.41, 5.74) is 0. The molecule has 0 atom stereocenters. The minimum absolute atomic E-state index is 0.200. The molecule has 0 radical (unpaired) electrons. The van der Waals surface area contributed by atoms with Gasteiger partial charge in [0.25, 0.3) is 0 Å². The van der Waals surface area contributed by atoms with Crippen molar-refractivity contribution < 1.29 is 17.9 Å². The molecule has 0 spiro atoms. The van der Waals surface area contributed by atoms with Gasteiger partial charge in [0.05, 0.1) is 12.8 Å². The van der Waals surface area contributed by atoms with Crippen molar-refractivity contribution in [3.8, 4) is 0 Å². The second-order valence-corrected chi connectivity index (χ2v) is 4.53. The van der Waals surface area contributed by atoms with Crippen LogP contribution in [-0.2, 0) is 19.5 Å². The molecule has 0 aliphatic heterocycles. The van der Waals surface area contributed by atoms with Crippen molar-refractivity contribution in [2.75, 3.05) is 34.1 Å². The smallest absolute Gasteiger partial charge is 0.211 e. The molecule has 6 heteroatoms. The Bertz CT molecular complexity index is 210. The Morgan fingerprint density at radius 2 is 1.75 bits per heavy atom. The number of hydrogen-bond acceptors (Lipinski definition) is 4. The summed E-state index contributed by atoms with van der Waals surface area (Å²) in [4.78, 5) is 0. The van der Waals surface area contributed by atoms with Crippen molar-refractivity contribution in [1.82, 2.24) is 4.31 Å². The molecule has 0 saturated carbocycles. The van der Waals surface area contributed by atoms with Crippen LogP contribution < -0.4 is 0 Å². The highest BCUT2D eigenvalue weighted by Gasteiger charge is 2.16.